The molecule has 2 aromatic carbocycles. The van der Waals surface area contributed by atoms with Gasteiger partial charge in [0.15, 0.2) is 0 Å². The number of aryl methyl sites for hydroxylation is 1. The number of para-hydroxylation sites is 3. The average Bonchev–Trinajstić information content (AvgIpc) is 2.97. The molecule has 1 unspecified atom stereocenters. The first kappa shape index (κ1) is 16.8. The van der Waals surface area contributed by atoms with Gasteiger partial charge in [-0.1, -0.05) is 24.3 Å². The van der Waals surface area contributed by atoms with Gasteiger partial charge in [-0.3, -0.25) is 9.59 Å². The van der Waals surface area contributed by atoms with E-state index in [9.17, 15) is 9.59 Å². The smallest absolute Gasteiger partial charge is 0.250 e. The second-order valence-corrected chi connectivity index (χ2v) is 6.01. The summed E-state index contributed by atoms with van der Waals surface area (Å²) >= 11 is 0. The van der Waals surface area contributed by atoms with Gasteiger partial charge in [0.25, 0.3) is 5.91 Å². The van der Waals surface area contributed by atoms with Crippen LogP contribution in [0.25, 0.3) is 0 Å². The molecular weight excluding hydrogens is 318 g/mol. The second kappa shape index (κ2) is 6.84. The van der Waals surface area contributed by atoms with Crippen LogP contribution >= 0.6 is 0 Å². The van der Waals surface area contributed by atoms with Gasteiger partial charge in [-0.15, -0.1) is 0 Å². The zero-order chi connectivity index (χ0) is 18.0. The van der Waals surface area contributed by atoms with E-state index < -0.39 is 11.9 Å². The number of primary amides is 1. The molecule has 0 aliphatic carbocycles. The maximum atomic E-state index is 12.9. The number of ether oxygens (including phenoxy) is 1. The number of amides is 2. The quantitative estimate of drug-likeness (QED) is 0.875. The summed E-state index contributed by atoms with van der Waals surface area (Å²) in [5.74, 6) is 0.0895. The molecule has 0 aromatic heterocycles. The van der Waals surface area contributed by atoms with Crippen molar-refractivity contribution in [3.8, 4) is 5.75 Å². The van der Waals surface area contributed by atoms with E-state index in [1.165, 1.54) is 0 Å². The Balaban J connectivity index is 1.86. The fourth-order valence-corrected chi connectivity index (χ4v) is 3.14. The number of nitrogens with zero attached hydrogens (tertiary/aromatic N) is 1. The molecular formula is C19H21N3O3. The second-order valence-electron chi connectivity index (χ2n) is 6.01. The molecule has 1 atom stereocenters. The number of methoxy groups -OCH3 is 1. The van der Waals surface area contributed by atoms with E-state index in [4.69, 9.17) is 10.5 Å². The van der Waals surface area contributed by atoms with Crippen molar-refractivity contribution in [2.24, 2.45) is 5.73 Å². The lowest BCUT2D eigenvalue weighted by Crippen LogP contribution is -2.34. The molecule has 1 heterocycles. The molecule has 2 aromatic rings. The van der Waals surface area contributed by atoms with Crippen molar-refractivity contribution in [1.82, 2.24) is 0 Å². The summed E-state index contributed by atoms with van der Waals surface area (Å²) < 4.78 is 5.35. The fourth-order valence-electron chi connectivity index (χ4n) is 3.14. The Kier molecular flexibility index (Phi) is 4.61. The first-order chi connectivity index (χ1) is 12.0. The number of benzene rings is 2. The van der Waals surface area contributed by atoms with Crippen LogP contribution < -0.4 is 20.7 Å². The highest BCUT2D eigenvalue weighted by Crippen LogP contribution is 2.32. The molecule has 6 heteroatoms. The van der Waals surface area contributed by atoms with Gasteiger partial charge in [-0.25, -0.2) is 0 Å². The number of nitrogens with one attached hydrogen (secondary N) is 1. The van der Waals surface area contributed by atoms with E-state index in [-0.39, 0.29) is 5.91 Å². The monoisotopic (exact) mass is 339 g/mol. The third-order valence-corrected chi connectivity index (χ3v) is 4.44. The molecule has 3 N–H and O–H groups in total. The van der Waals surface area contributed by atoms with Crippen LogP contribution in [0, 0.1) is 6.92 Å². The number of hydrogen-bond acceptors (Lipinski definition) is 4. The summed E-state index contributed by atoms with van der Waals surface area (Å²) in [6, 6.07) is 12.3. The lowest BCUT2D eigenvalue weighted by atomic mass is 10.1. The van der Waals surface area contributed by atoms with Crippen molar-refractivity contribution < 1.29 is 14.3 Å². The molecule has 1 saturated heterocycles. The minimum absolute atomic E-state index is 0.0526. The first-order valence-corrected chi connectivity index (χ1v) is 8.13. The van der Waals surface area contributed by atoms with Gasteiger partial charge in [-0.05, 0) is 37.1 Å². The molecule has 1 aliphatic rings. The number of nitrogens with two attached hydrogens (primary N) is 1. The minimum atomic E-state index is -0.516. The summed E-state index contributed by atoms with van der Waals surface area (Å²) in [5.41, 5.74) is 8.09. The zero-order valence-electron chi connectivity index (χ0n) is 14.3. The summed E-state index contributed by atoms with van der Waals surface area (Å²) in [7, 11) is 1.58. The summed E-state index contributed by atoms with van der Waals surface area (Å²) in [5, 5.41) is 3.21. The van der Waals surface area contributed by atoms with E-state index in [0.717, 1.165) is 11.3 Å². The normalized spacial score (nSPS) is 16.8. The lowest BCUT2D eigenvalue weighted by molar-refractivity contribution is -0.117. The minimum Gasteiger partial charge on any atom is -0.495 e. The first-order valence-electron chi connectivity index (χ1n) is 8.13. The van der Waals surface area contributed by atoms with Gasteiger partial charge >= 0.3 is 0 Å². The summed E-state index contributed by atoms with van der Waals surface area (Å²) in [6.45, 7) is 2.46. The van der Waals surface area contributed by atoms with Gasteiger partial charge < -0.3 is 20.7 Å². The number of carbonyl (C=O) groups is 2. The highest BCUT2D eigenvalue weighted by Gasteiger charge is 2.34. The van der Waals surface area contributed by atoms with Crippen molar-refractivity contribution in [2.75, 3.05) is 23.9 Å². The van der Waals surface area contributed by atoms with Gasteiger partial charge in [-0.2, -0.15) is 0 Å². The molecule has 2 amide bonds. The van der Waals surface area contributed by atoms with Crippen LogP contribution in [0.15, 0.2) is 42.5 Å². The summed E-state index contributed by atoms with van der Waals surface area (Å²) in [6.07, 6.45) is 0.628. The Labute approximate surface area is 146 Å². The number of hydrogen-bond donors (Lipinski definition) is 2. The van der Waals surface area contributed by atoms with E-state index in [1.54, 1.807) is 24.1 Å². The van der Waals surface area contributed by atoms with Crippen LogP contribution in [0.4, 0.5) is 11.4 Å². The molecule has 0 bridgehead atoms. The molecule has 25 heavy (non-hydrogen) atoms. The van der Waals surface area contributed by atoms with Gasteiger partial charge in [0, 0.05) is 6.54 Å². The number of rotatable bonds is 5. The molecule has 0 spiro atoms. The van der Waals surface area contributed by atoms with Crippen LogP contribution in [-0.4, -0.2) is 31.5 Å². The maximum Gasteiger partial charge on any atom is 0.250 e. The standard InChI is InChI=1S/C19H21N3O3/c1-12-6-5-7-13(18(20)23)17(12)21-14-10-11-22(19(14)24)15-8-3-4-9-16(15)25-2/h3-9,14,21H,10-11H2,1-2H3,(H2,20,23). The van der Waals surface area contributed by atoms with Crippen molar-refractivity contribution in [3.05, 3.63) is 53.6 Å². The van der Waals surface area contributed by atoms with Crippen LogP contribution in [0.3, 0.4) is 0 Å². The fraction of sp³-hybridized carbons (Fsp3) is 0.263. The van der Waals surface area contributed by atoms with Crippen LogP contribution in [0.2, 0.25) is 0 Å². The topological polar surface area (TPSA) is 84.7 Å². The molecule has 6 nitrogen and oxygen atoms in total. The maximum absolute atomic E-state index is 12.9. The number of carbonyl (C=O) groups excluding carboxylic acids is 2. The Hall–Kier alpha value is -3.02. The summed E-state index contributed by atoms with van der Waals surface area (Å²) in [4.78, 5) is 26.2. The van der Waals surface area contributed by atoms with E-state index in [1.807, 2.05) is 37.3 Å². The molecule has 0 saturated carbocycles. The molecule has 3 rings (SSSR count). The van der Waals surface area contributed by atoms with Crippen LogP contribution in [-0.2, 0) is 4.79 Å². The largest absolute Gasteiger partial charge is 0.495 e. The third-order valence-electron chi connectivity index (χ3n) is 4.44. The number of anilines is 2. The van der Waals surface area contributed by atoms with E-state index >= 15 is 0 Å². The Morgan fingerprint density at radius 2 is 2.00 bits per heavy atom. The zero-order valence-corrected chi connectivity index (χ0v) is 14.3. The predicted octanol–water partition coefficient (Wildman–Crippen LogP) is 2.32. The highest BCUT2D eigenvalue weighted by molar-refractivity contribution is 6.04. The predicted molar refractivity (Wildman–Crippen MR) is 97.1 cm³/mol. The van der Waals surface area contributed by atoms with Crippen LogP contribution in [0.5, 0.6) is 5.75 Å². The third kappa shape index (κ3) is 3.15. The van der Waals surface area contributed by atoms with Crippen molar-refractivity contribution >= 4 is 23.2 Å². The average molecular weight is 339 g/mol. The van der Waals surface area contributed by atoms with E-state index in [2.05, 4.69) is 5.32 Å². The van der Waals surface area contributed by atoms with Crippen molar-refractivity contribution in [3.63, 3.8) is 0 Å². The molecule has 0 radical (unpaired) electrons. The lowest BCUT2D eigenvalue weighted by Gasteiger charge is -2.21. The van der Waals surface area contributed by atoms with Gasteiger partial charge in [0.1, 0.15) is 11.8 Å². The van der Waals surface area contributed by atoms with Gasteiger partial charge in [0.05, 0.1) is 24.0 Å². The van der Waals surface area contributed by atoms with Crippen molar-refractivity contribution in [2.45, 2.75) is 19.4 Å². The van der Waals surface area contributed by atoms with Crippen molar-refractivity contribution in [1.29, 1.82) is 0 Å². The molecule has 130 valence electrons. The SMILES string of the molecule is COc1ccccc1N1CCC(Nc2c(C)cccc2C(N)=O)C1=O. The molecule has 1 fully saturated rings. The Morgan fingerprint density at radius 3 is 2.72 bits per heavy atom. The molecule has 1 aliphatic heterocycles. The van der Waals surface area contributed by atoms with Crippen LogP contribution in [0.1, 0.15) is 22.3 Å². The van der Waals surface area contributed by atoms with Gasteiger partial charge in [0.2, 0.25) is 5.91 Å². The van der Waals surface area contributed by atoms with E-state index in [0.29, 0.717) is 30.0 Å². The Bertz CT molecular complexity index is 819. The highest BCUT2D eigenvalue weighted by atomic mass is 16.5. The Morgan fingerprint density at radius 1 is 1.24 bits per heavy atom.